The standard InChI is InChI=1S/C30H24ClF3N4O4S/c1-20(22-11-8-12-23(17-22)35-29(40)21-9-4-2-5-10-21)36-37-28(39)19-38(43(41,42)25-13-6-3-7-14-25)24-15-16-27(31)26(18-24)30(32,33)34/h2-18H,19H2,1H3,(H,35,40)(H,37,39)/b36-20-. The van der Waals surface area contributed by atoms with Crippen molar-refractivity contribution in [1.29, 1.82) is 0 Å². The summed E-state index contributed by atoms with van der Waals surface area (Å²) in [7, 11) is -4.48. The third-order valence-electron chi connectivity index (χ3n) is 6.08. The van der Waals surface area contributed by atoms with Gasteiger partial charge in [0.25, 0.3) is 21.8 Å². The summed E-state index contributed by atoms with van der Waals surface area (Å²) in [5.74, 6) is -1.24. The van der Waals surface area contributed by atoms with Gasteiger partial charge in [0.15, 0.2) is 0 Å². The fourth-order valence-corrected chi connectivity index (χ4v) is 5.57. The molecule has 13 heteroatoms. The van der Waals surface area contributed by atoms with Gasteiger partial charge in [-0.1, -0.05) is 60.1 Å². The zero-order valence-electron chi connectivity index (χ0n) is 22.5. The van der Waals surface area contributed by atoms with Crippen LogP contribution < -0.4 is 15.0 Å². The van der Waals surface area contributed by atoms with Crippen LogP contribution in [-0.4, -0.2) is 32.5 Å². The second-order valence-electron chi connectivity index (χ2n) is 9.12. The molecule has 2 amide bonds. The quantitative estimate of drug-likeness (QED) is 0.166. The van der Waals surface area contributed by atoms with Crippen LogP contribution in [0.1, 0.15) is 28.4 Å². The summed E-state index contributed by atoms with van der Waals surface area (Å²) in [6.07, 6.45) is -4.87. The second kappa shape index (κ2) is 13.1. The van der Waals surface area contributed by atoms with E-state index in [1.54, 1.807) is 67.6 Å². The van der Waals surface area contributed by atoms with Gasteiger partial charge in [-0.3, -0.25) is 13.9 Å². The number of nitrogens with zero attached hydrogens (tertiary/aromatic N) is 2. The second-order valence-corrected chi connectivity index (χ2v) is 11.4. The van der Waals surface area contributed by atoms with E-state index in [0.717, 1.165) is 12.1 Å². The lowest BCUT2D eigenvalue weighted by Gasteiger charge is -2.25. The van der Waals surface area contributed by atoms with Crippen LogP contribution >= 0.6 is 11.6 Å². The molecule has 4 rings (SSSR count). The molecular weight excluding hydrogens is 605 g/mol. The molecule has 0 atom stereocenters. The predicted molar refractivity (Wildman–Crippen MR) is 159 cm³/mol. The van der Waals surface area contributed by atoms with Gasteiger partial charge in [-0.15, -0.1) is 0 Å². The summed E-state index contributed by atoms with van der Waals surface area (Å²) in [6.45, 7) is 0.686. The monoisotopic (exact) mass is 628 g/mol. The van der Waals surface area contributed by atoms with Crippen LogP contribution in [0, 0.1) is 0 Å². The first-order valence-corrected chi connectivity index (χ1v) is 14.4. The van der Waals surface area contributed by atoms with Crippen molar-refractivity contribution in [2.24, 2.45) is 5.10 Å². The fraction of sp³-hybridized carbons (Fsp3) is 0.100. The summed E-state index contributed by atoms with van der Waals surface area (Å²) < 4.78 is 68.1. The molecule has 4 aromatic carbocycles. The number of alkyl halides is 3. The largest absolute Gasteiger partial charge is 0.417 e. The van der Waals surface area contributed by atoms with Gasteiger partial charge < -0.3 is 5.32 Å². The Morgan fingerprint density at radius 3 is 2.14 bits per heavy atom. The molecule has 0 aromatic heterocycles. The van der Waals surface area contributed by atoms with Crippen molar-refractivity contribution in [2.45, 2.75) is 18.0 Å². The van der Waals surface area contributed by atoms with Crippen LogP contribution in [-0.2, 0) is 21.0 Å². The zero-order valence-corrected chi connectivity index (χ0v) is 24.0. The Hall–Kier alpha value is -4.68. The number of nitrogens with one attached hydrogen (secondary N) is 2. The Labute approximate surface area is 250 Å². The van der Waals surface area contributed by atoms with Crippen molar-refractivity contribution >= 4 is 50.5 Å². The molecule has 0 aliphatic heterocycles. The number of carbonyl (C=O) groups excluding carboxylic acids is 2. The minimum atomic E-state index is -4.87. The molecule has 4 aromatic rings. The van der Waals surface area contributed by atoms with Crippen LogP contribution in [0.4, 0.5) is 24.5 Å². The number of benzene rings is 4. The Balaban J connectivity index is 1.56. The number of hydrogen-bond donors (Lipinski definition) is 2. The van der Waals surface area contributed by atoms with Crippen molar-refractivity contribution in [3.05, 3.63) is 125 Å². The summed E-state index contributed by atoms with van der Waals surface area (Å²) in [5, 5.41) is 6.17. The van der Waals surface area contributed by atoms with Gasteiger partial charge >= 0.3 is 6.18 Å². The first kappa shape index (κ1) is 31.3. The fourth-order valence-electron chi connectivity index (χ4n) is 3.91. The SMILES string of the molecule is C/C(=N/NC(=O)CN(c1ccc(Cl)c(C(F)(F)F)c1)S(=O)(=O)c1ccccc1)c1cccc(NC(=O)c2ccccc2)c1. The number of rotatable bonds is 9. The molecule has 0 spiro atoms. The van der Waals surface area contributed by atoms with Crippen LogP contribution in [0.5, 0.6) is 0 Å². The van der Waals surface area contributed by atoms with E-state index in [-0.39, 0.29) is 10.8 Å². The number of halogens is 4. The highest BCUT2D eigenvalue weighted by molar-refractivity contribution is 7.92. The van der Waals surface area contributed by atoms with Crippen LogP contribution in [0.2, 0.25) is 5.02 Å². The van der Waals surface area contributed by atoms with Crippen molar-refractivity contribution in [1.82, 2.24) is 5.43 Å². The molecule has 0 aliphatic carbocycles. The summed E-state index contributed by atoms with van der Waals surface area (Å²) in [4.78, 5) is 25.2. The smallest absolute Gasteiger partial charge is 0.322 e. The van der Waals surface area contributed by atoms with E-state index in [9.17, 15) is 31.2 Å². The number of hydrogen-bond acceptors (Lipinski definition) is 5. The van der Waals surface area contributed by atoms with Gasteiger partial charge in [0.1, 0.15) is 6.54 Å². The summed E-state index contributed by atoms with van der Waals surface area (Å²) in [6, 6.07) is 24.8. The number of carbonyl (C=O) groups is 2. The maximum atomic E-state index is 13.6. The molecule has 0 unspecified atom stereocenters. The van der Waals surface area contributed by atoms with Gasteiger partial charge in [0, 0.05) is 11.3 Å². The van der Waals surface area contributed by atoms with E-state index in [0.29, 0.717) is 32.9 Å². The normalized spacial score (nSPS) is 12.0. The van der Waals surface area contributed by atoms with E-state index in [1.807, 2.05) is 0 Å². The minimum Gasteiger partial charge on any atom is -0.322 e. The molecular formula is C30H24ClF3N4O4S. The minimum absolute atomic E-state index is 0.236. The van der Waals surface area contributed by atoms with Gasteiger partial charge in [0.05, 0.1) is 26.9 Å². The highest BCUT2D eigenvalue weighted by Crippen LogP contribution is 2.38. The van der Waals surface area contributed by atoms with Crippen LogP contribution in [0.15, 0.2) is 113 Å². The van der Waals surface area contributed by atoms with E-state index in [1.165, 1.54) is 24.3 Å². The lowest BCUT2D eigenvalue weighted by molar-refractivity contribution is -0.137. The zero-order chi connectivity index (χ0) is 31.2. The summed E-state index contributed by atoms with van der Waals surface area (Å²) in [5.41, 5.74) is 2.36. The Morgan fingerprint density at radius 1 is 0.860 bits per heavy atom. The van der Waals surface area contributed by atoms with Crippen molar-refractivity contribution in [3.8, 4) is 0 Å². The molecule has 2 N–H and O–H groups in total. The molecule has 0 radical (unpaired) electrons. The maximum absolute atomic E-state index is 13.6. The third-order valence-corrected chi connectivity index (χ3v) is 8.20. The molecule has 222 valence electrons. The highest BCUT2D eigenvalue weighted by atomic mass is 35.5. The van der Waals surface area contributed by atoms with E-state index in [4.69, 9.17) is 11.6 Å². The van der Waals surface area contributed by atoms with E-state index < -0.39 is 44.9 Å². The maximum Gasteiger partial charge on any atom is 0.417 e. The summed E-state index contributed by atoms with van der Waals surface area (Å²) >= 11 is 5.73. The average molecular weight is 629 g/mol. The van der Waals surface area contributed by atoms with Gasteiger partial charge in [-0.2, -0.15) is 18.3 Å². The first-order valence-electron chi connectivity index (χ1n) is 12.6. The molecule has 0 saturated carbocycles. The average Bonchev–Trinajstić information content (AvgIpc) is 2.99. The number of anilines is 2. The highest BCUT2D eigenvalue weighted by Gasteiger charge is 2.35. The van der Waals surface area contributed by atoms with Crippen molar-refractivity contribution in [3.63, 3.8) is 0 Å². The topological polar surface area (TPSA) is 108 Å². The number of amides is 2. The first-order chi connectivity index (χ1) is 20.4. The van der Waals surface area contributed by atoms with Crippen LogP contribution in [0.3, 0.4) is 0 Å². The van der Waals surface area contributed by atoms with Gasteiger partial charge in [0.2, 0.25) is 0 Å². The molecule has 0 heterocycles. The Bertz CT molecular complexity index is 1770. The van der Waals surface area contributed by atoms with E-state index >= 15 is 0 Å². The number of sulfonamides is 1. The lowest BCUT2D eigenvalue weighted by Crippen LogP contribution is -2.40. The molecule has 0 aliphatic rings. The third kappa shape index (κ3) is 7.79. The van der Waals surface area contributed by atoms with E-state index in [2.05, 4.69) is 15.8 Å². The predicted octanol–water partition coefficient (Wildman–Crippen LogP) is 6.35. The molecule has 43 heavy (non-hydrogen) atoms. The Kier molecular flexibility index (Phi) is 9.52. The van der Waals surface area contributed by atoms with Gasteiger partial charge in [-0.25, -0.2) is 13.8 Å². The molecule has 0 bridgehead atoms. The molecule has 8 nitrogen and oxygen atoms in total. The van der Waals surface area contributed by atoms with Gasteiger partial charge in [-0.05, 0) is 67.1 Å². The van der Waals surface area contributed by atoms with Crippen molar-refractivity contribution < 1.29 is 31.2 Å². The molecule has 0 fully saturated rings. The number of hydrazone groups is 1. The van der Waals surface area contributed by atoms with Crippen LogP contribution in [0.25, 0.3) is 0 Å². The Morgan fingerprint density at radius 2 is 1.49 bits per heavy atom. The van der Waals surface area contributed by atoms with Crippen molar-refractivity contribution in [2.75, 3.05) is 16.2 Å². The molecule has 0 saturated heterocycles. The lowest BCUT2D eigenvalue weighted by atomic mass is 10.1.